The molecule has 1 aliphatic heterocycles. The fourth-order valence-electron chi connectivity index (χ4n) is 3.43. The number of nitrogens with zero attached hydrogens (tertiary/aromatic N) is 2. The van der Waals surface area contributed by atoms with Crippen molar-refractivity contribution in [2.24, 2.45) is 0 Å². The normalized spacial score (nSPS) is 16.2. The van der Waals surface area contributed by atoms with Crippen LogP contribution in [-0.2, 0) is 4.79 Å². The maximum absolute atomic E-state index is 13.2. The first kappa shape index (κ1) is 22.6. The molecule has 0 aliphatic carbocycles. The number of carbonyl (C=O) groups excluding carboxylic acids is 2. The highest BCUT2D eigenvalue weighted by molar-refractivity contribution is 7.12. The Kier molecular flexibility index (Phi) is 7.14. The number of aliphatic hydroxyl groups excluding tert-OH is 1. The van der Waals surface area contributed by atoms with Gasteiger partial charge in [0.1, 0.15) is 6.61 Å². The average molecular weight is 443 g/mol. The Balaban J connectivity index is 2.07. The molecule has 31 heavy (non-hydrogen) atoms. The Morgan fingerprint density at radius 3 is 2.71 bits per heavy atom. The number of Topliss-reactive ketones (excluding diaryl/α,β-unsaturated/α-hetero) is 1. The fraction of sp³-hybridized carbons (Fsp3) is 0.304. The van der Waals surface area contributed by atoms with Crippen molar-refractivity contribution in [2.45, 2.75) is 6.04 Å². The predicted molar refractivity (Wildman–Crippen MR) is 120 cm³/mol. The largest absolute Gasteiger partial charge is 0.503 e. The minimum Gasteiger partial charge on any atom is -0.503 e. The highest BCUT2D eigenvalue weighted by Crippen LogP contribution is 2.41. The zero-order valence-electron chi connectivity index (χ0n) is 17.8. The summed E-state index contributed by atoms with van der Waals surface area (Å²) in [7, 11) is 5.32. The van der Waals surface area contributed by atoms with Gasteiger partial charge in [-0.15, -0.1) is 11.3 Å². The van der Waals surface area contributed by atoms with Crippen molar-refractivity contribution in [3.8, 4) is 11.5 Å². The summed E-state index contributed by atoms with van der Waals surface area (Å²) >= 11 is 1.27. The second kappa shape index (κ2) is 9.80. The van der Waals surface area contributed by atoms with E-state index in [2.05, 4.69) is 6.58 Å². The minimum atomic E-state index is -0.732. The summed E-state index contributed by atoms with van der Waals surface area (Å²) in [6.07, 6.45) is 1.63. The van der Waals surface area contributed by atoms with Crippen LogP contribution < -0.4 is 9.47 Å². The zero-order valence-corrected chi connectivity index (χ0v) is 18.6. The first-order chi connectivity index (χ1) is 14.9. The van der Waals surface area contributed by atoms with E-state index in [0.29, 0.717) is 41.6 Å². The molecule has 0 saturated heterocycles. The third kappa shape index (κ3) is 4.65. The lowest BCUT2D eigenvalue weighted by molar-refractivity contribution is -0.129. The van der Waals surface area contributed by atoms with E-state index >= 15 is 0 Å². The number of hydrogen-bond acceptors (Lipinski definition) is 7. The monoisotopic (exact) mass is 442 g/mol. The van der Waals surface area contributed by atoms with Crippen LogP contribution in [0.4, 0.5) is 0 Å². The van der Waals surface area contributed by atoms with Gasteiger partial charge in [-0.2, -0.15) is 0 Å². The zero-order chi connectivity index (χ0) is 22.5. The van der Waals surface area contributed by atoms with E-state index in [1.807, 2.05) is 19.0 Å². The average Bonchev–Trinajstić information content (AvgIpc) is 3.38. The molecule has 2 aromatic rings. The van der Waals surface area contributed by atoms with Crippen molar-refractivity contribution >= 4 is 23.0 Å². The number of rotatable bonds is 10. The summed E-state index contributed by atoms with van der Waals surface area (Å²) in [6, 6.07) is 7.96. The van der Waals surface area contributed by atoms with Gasteiger partial charge in [0, 0.05) is 13.1 Å². The lowest BCUT2D eigenvalue weighted by Crippen LogP contribution is -2.36. The van der Waals surface area contributed by atoms with Gasteiger partial charge in [-0.1, -0.05) is 24.8 Å². The summed E-state index contributed by atoms with van der Waals surface area (Å²) in [5.41, 5.74) is 0.729. The second-order valence-corrected chi connectivity index (χ2v) is 8.23. The first-order valence-electron chi connectivity index (χ1n) is 9.77. The summed E-state index contributed by atoms with van der Waals surface area (Å²) in [4.78, 5) is 30.1. The highest BCUT2D eigenvalue weighted by atomic mass is 32.1. The SMILES string of the molecule is C=CCOc1ccc([C@@H]2C(C(=O)c3cccs3)=C(O)C(=O)N2CCN(C)C)cc1OC. The van der Waals surface area contributed by atoms with Gasteiger partial charge in [0.2, 0.25) is 5.78 Å². The molecule has 3 rings (SSSR count). The van der Waals surface area contributed by atoms with E-state index in [4.69, 9.17) is 9.47 Å². The summed E-state index contributed by atoms with van der Waals surface area (Å²) < 4.78 is 11.1. The van der Waals surface area contributed by atoms with Crippen LogP contribution >= 0.6 is 11.3 Å². The van der Waals surface area contributed by atoms with Gasteiger partial charge in [-0.05, 0) is 43.2 Å². The van der Waals surface area contributed by atoms with E-state index in [1.54, 1.807) is 41.8 Å². The predicted octanol–water partition coefficient (Wildman–Crippen LogP) is 3.46. The number of methoxy groups -OCH3 is 1. The molecule has 164 valence electrons. The maximum atomic E-state index is 13.2. The molecule has 1 aromatic carbocycles. The van der Waals surface area contributed by atoms with Crippen molar-refractivity contribution in [1.82, 2.24) is 9.80 Å². The van der Waals surface area contributed by atoms with Crippen LogP contribution in [0.15, 0.2) is 59.7 Å². The molecule has 7 nitrogen and oxygen atoms in total. The molecular formula is C23H26N2O5S. The van der Waals surface area contributed by atoms with Gasteiger partial charge >= 0.3 is 0 Å². The summed E-state index contributed by atoms with van der Waals surface area (Å²) in [5, 5.41) is 12.5. The van der Waals surface area contributed by atoms with Crippen molar-refractivity contribution in [3.05, 3.63) is 70.1 Å². The standard InChI is InChI=1S/C23H26N2O5S/c1-5-12-30-16-9-8-15(14-17(16)29-4)20-19(21(26)18-7-6-13-31-18)22(27)23(28)25(20)11-10-24(2)3/h5-9,13-14,20,27H,1,10-12H2,2-4H3/t20-/m1/s1. The van der Waals surface area contributed by atoms with Gasteiger partial charge in [-0.3, -0.25) is 9.59 Å². The number of thiophene rings is 1. The lowest BCUT2D eigenvalue weighted by Gasteiger charge is -2.28. The molecule has 1 aliphatic rings. The van der Waals surface area contributed by atoms with Gasteiger partial charge in [0.15, 0.2) is 17.3 Å². The number of carbonyl (C=O) groups is 2. The Morgan fingerprint density at radius 1 is 1.32 bits per heavy atom. The van der Waals surface area contributed by atoms with Gasteiger partial charge in [0.05, 0.1) is 23.6 Å². The van der Waals surface area contributed by atoms with Crippen LogP contribution in [0.3, 0.4) is 0 Å². The van der Waals surface area contributed by atoms with Gasteiger partial charge < -0.3 is 24.4 Å². The molecular weight excluding hydrogens is 416 g/mol. The van der Waals surface area contributed by atoms with Gasteiger partial charge in [-0.25, -0.2) is 0 Å². The smallest absolute Gasteiger partial charge is 0.290 e. The molecule has 0 saturated carbocycles. The Bertz CT molecular complexity index is 997. The molecule has 0 bridgehead atoms. The van der Waals surface area contributed by atoms with Crippen LogP contribution in [0.25, 0.3) is 0 Å². The lowest BCUT2D eigenvalue weighted by atomic mass is 9.95. The minimum absolute atomic E-state index is 0.0769. The van der Waals surface area contributed by atoms with Crippen LogP contribution in [0.5, 0.6) is 11.5 Å². The van der Waals surface area contributed by atoms with Crippen LogP contribution in [-0.4, -0.2) is 67.5 Å². The first-order valence-corrected chi connectivity index (χ1v) is 10.7. The van der Waals surface area contributed by atoms with E-state index in [1.165, 1.54) is 23.3 Å². The maximum Gasteiger partial charge on any atom is 0.290 e. The number of ketones is 1. The Labute approximate surface area is 185 Å². The fourth-order valence-corrected chi connectivity index (χ4v) is 4.11. The van der Waals surface area contributed by atoms with Crippen LogP contribution in [0, 0.1) is 0 Å². The number of amides is 1. The number of aliphatic hydroxyl groups is 1. The van der Waals surface area contributed by atoms with Crippen molar-refractivity contribution in [3.63, 3.8) is 0 Å². The molecule has 8 heteroatoms. The van der Waals surface area contributed by atoms with Crippen molar-refractivity contribution < 1.29 is 24.2 Å². The van der Waals surface area contributed by atoms with E-state index in [0.717, 1.165) is 0 Å². The molecule has 2 heterocycles. The highest BCUT2D eigenvalue weighted by Gasteiger charge is 2.44. The number of ether oxygens (including phenoxy) is 2. The van der Waals surface area contributed by atoms with Crippen molar-refractivity contribution in [1.29, 1.82) is 0 Å². The molecule has 0 fully saturated rings. The molecule has 1 aromatic heterocycles. The Hall–Kier alpha value is -3.10. The van der Waals surface area contributed by atoms with Crippen molar-refractivity contribution in [2.75, 3.05) is 40.9 Å². The number of hydrogen-bond donors (Lipinski definition) is 1. The van der Waals surface area contributed by atoms with E-state index < -0.39 is 17.7 Å². The van der Waals surface area contributed by atoms with Gasteiger partial charge in [0.25, 0.3) is 5.91 Å². The second-order valence-electron chi connectivity index (χ2n) is 7.28. The van der Waals surface area contributed by atoms with E-state index in [9.17, 15) is 14.7 Å². The van der Waals surface area contributed by atoms with Crippen LogP contribution in [0.2, 0.25) is 0 Å². The van der Waals surface area contributed by atoms with Crippen LogP contribution in [0.1, 0.15) is 21.3 Å². The van der Waals surface area contributed by atoms with E-state index in [-0.39, 0.29) is 11.4 Å². The molecule has 1 atom stereocenters. The summed E-state index contributed by atoms with van der Waals surface area (Å²) in [6.45, 7) is 4.88. The molecule has 1 N–H and O–H groups in total. The molecule has 1 amide bonds. The third-order valence-corrected chi connectivity index (χ3v) is 5.81. The quantitative estimate of drug-likeness (QED) is 0.448. The molecule has 0 spiro atoms. The number of likely N-dealkylation sites (N-methyl/N-ethyl adjacent to an activating group) is 1. The summed E-state index contributed by atoms with van der Waals surface area (Å²) in [5.74, 6) is -0.432. The Morgan fingerprint density at radius 2 is 2.10 bits per heavy atom. The third-order valence-electron chi connectivity index (χ3n) is 4.94. The molecule has 0 radical (unpaired) electrons. The number of benzene rings is 1. The molecule has 0 unspecified atom stereocenters. The topological polar surface area (TPSA) is 79.3 Å².